The molecule has 1 aromatic carbocycles. The van der Waals surface area contributed by atoms with Gasteiger partial charge in [-0.2, -0.15) is 0 Å². The van der Waals surface area contributed by atoms with Crippen LogP contribution in [0.3, 0.4) is 0 Å². The molecule has 2 unspecified atom stereocenters. The van der Waals surface area contributed by atoms with Gasteiger partial charge in [0, 0.05) is 32.0 Å². The van der Waals surface area contributed by atoms with Crippen molar-refractivity contribution in [3.05, 3.63) is 35.4 Å². The Balaban J connectivity index is 1.37. The SMILES string of the molecule is O=C1CCC(C2c3ccccc3CCN2C(=O)O[C@@H]2CN3CCC2CC3)CN1. The Kier molecular flexibility index (Phi) is 4.75. The highest BCUT2D eigenvalue weighted by Gasteiger charge is 2.41. The van der Waals surface area contributed by atoms with Gasteiger partial charge >= 0.3 is 6.09 Å². The topological polar surface area (TPSA) is 61.9 Å². The zero-order valence-electron chi connectivity index (χ0n) is 16.3. The van der Waals surface area contributed by atoms with E-state index < -0.39 is 0 Å². The quantitative estimate of drug-likeness (QED) is 0.852. The van der Waals surface area contributed by atoms with Crippen molar-refractivity contribution >= 4 is 12.0 Å². The predicted molar refractivity (Wildman–Crippen MR) is 105 cm³/mol. The molecule has 0 aromatic heterocycles. The lowest BCUT2D eigenvalue weighted by Gasteiger charge is -2.46. The number of fused-ring (bicyclic) bond motifs is 4. The van der Waals surface area contributed by atoms with Crippen LogP contribution in [0.4, 0.5) is 4.79 Å². The van der Waals surface area contributed by atoms with E-state index in [0.717, 1.165) is 45.3 Å². The van der Waals surface area contributed by atoms with Crippen LogP contribution in [0.2, 0.25) is 0 Å². The summed E-state index contributed by atoms with van der Waals surface area (Å²) in [6.07, 6.45) is 4.34. The van der Waals surface area contributed by atoms with E-state index in [1.807, 2.05) is 4.90 Å². The predicted octanol–water partition coefficient (Wildman–Crippen LogP) is 2.34. The van der Waals surface area contributed by atoms with E-state index >= 15 is 0 Å². The minimum absolute atomic E-state index is 0.0147. The molecule has 0 radical (unpaired) electrons. The number of nitrogens with one attached hydrogen (secondary N) is 1. The Hall–Kier alpha value is -2.08. The van der Waals surface area contributed by atoms with Crippen molar-refractivity contribution in [3.8, 4) is 0 Å². The van der Waals surface area contributed by atoms with Crippen molar-refractivity contribution in [2.45, 2.75) is 44.2 Å². The highest BCUT2D eigenvalue weighted by atomic mass is 16.6. The standard InChI is InChI=1S/C22H29N3O3/c26-20-6-5-17(13-23-20)21-18-4-2-1-3-15(18)9-12-25(21)22(27)28-19-14-24-10-7-16(19)8-11-24/h1-4,16-17,19,21H,5-14H2,(H,23,26)/t17?,19-,21?/m1/s1. The van der Waals surface area contributed by atoms with Gasteiger partial charge in [0.05, 0.1) is 6.04 Å². The van der Waals surface area contributed by atoms with Gasteiger partial charge in [-0.15, -0.1) is 0 Å². The number of hydrogen-bond donors (Lipinski definition) is 1. The molecule has 3 atom stereocenters. The van der Waals surface area contributed by atoms with Crippen LogP contribution in [0.5, 0.6) is 0 Å². The van der Waals surface area contributed by atoms with E-state index in [2.05, 4.69) is 34.5 Å². The number of piperidine rings is 4. The van der Waals surface area contributed by atoms with Gasteiger partial charge in [0.1, 0.15) is 6.10 Å². The normalized spacial score (nSPS) is 34.5. The highest BCUT2D eigenvalue weighted by molar-refractivity contribution is 5.76. The first-order chi connectivity index (χ1) is 13.7. The maximum Gasteiger partial charge on any atom is 0.410 e. The second-order valence-corrected chi connectivity index (χ2v) is 8.75. The third-order valence-corrected chi connectivity index (χ3v) is 7.16. The molecule has 4 saturated heterocycles. The molecule has 2 amide bonds. The summed E-state index contributed by atoms with van der Waals surface area (Å²) in [4.78, 5) is 29.3. The first-order valence-corrected chi connectivity index (χ1v) is 10.7. The van der Waals surface area contributed by atoms with Gasteiger partial charge < -0.3 is 15.0 Å². The molecule has 1 aromatic rings. The van der Waals surface area contributed by atoms with Gasteiger partial charge in [-0.05, 0) is 55.8 Å². The number of rotatable bonds is 2. The molecular formula is C22H29N3O3. The van der Waals surface area contributed by atoms with Gasteiger partial charge in [-0.3, -0.25) is 9.69 Å². The summed E-state index contributed by atoms with van der Waals surface area (Å²) in [5.74, 6) is 0.860. The summed E-state index contributed by atoms with van der Waals surface area (Å²) in [7, 11) is 0. The average molecular weight is 383 g/mol. The Labute approximate surface area is 166 Å². The van der Waals surface area contributed by atoms with Crippen LogP contribution in [-0.4, -0.2) is 60.6 Å². The molecule has 5 aliphatic rings. The zero-order valence-corrected chi connectivity index (χ0v) is 16.3. The largest absolute Gasteiger partial charge is 0.444 e. The fourth-order valence-corrected chi connectivity index (χ4v) is 5.57. The molecule has 6 rings (SSSR count). The Morgan fingerprint density at radius 1 is 1.04 bits per heavy atom. The van der Waals surface area contributed by atoms with Crippen LogP contribution in [0.15, 0.2) is 24.3 Å². The van der Waals surface area contributed by atoms with E-state index in [9.17, 15) is 9.59 Å². The molecule has 2 bridgehead atoms. The van der Waals surface area contributed by atoms with Crippen LogP contribution < -0.4 is 5.32 Å². The van der Waals surface area contributed by atoms with Gasteiger partial charge in [0.15, 0.2) is 0 Å². The number of nitrogens with zero attached hydrogens (tertiary/aromatic N) is 2. The van der Waals surface area contributed by atoms with Crippen LogP contribution in [0.25, 0.3) is 0 Å². The average Bonchev–Trinajstić information content (AvgIpc) is 2.74. The summed E-state index contributed by atoms with van der Waals surface area (Å²) < 4.78 is 6.08. The number of carbonyl (C=O) groups is 2. The van der Waals surface area contributed by atoms with Crippen LogP contribution in [0.1, 0.15) is 42.9 Å². The van der Waals surface area contributed by atoms with Crippen LogP contribution in [-0.2, 0) is 16.0 Å². The van der Waals surface area contributed by atoms with Gasteiger partial charge in [-0.1, -0.05) is 24.3 Å². The van der Waals surface area contributed by atoms with E-state index in [1.54, 1.807) is 0 Å². The molecule has 6 nitrogen and oxygen atoms in total. The lowest BCUT2D eigenvalue weighted by molar-refractivity contribution is -0.123. The van der Waals surface area contributed by atoms with Gasteiger partial charge in [-0.25, -0.2) is 4.79 Å². The minimum atomic E-state index is -0.171. The van der Waals surface area contributed by atoms with Crippen molar-refractivity contribution in [1.29, 1.82) is 0 Å². The molecule has 0 saturated carbocycles. The monoisotopic (exact) mass is 383 g/mol. The highest BCUT2D eigenvalue weighted by Crippen LogP contribution is 2.39. The smallest absolute Gasteiger partial charge is 0.410 e. The second kappa shape index (κ2) is 7.39. The first-order valence-electron chi connectivity index (χ1n) is 10.7. The van der Waals surface area contributed by atoms with Gasteiger partial charge in [0.25, 0.3) is 0 Å². The third-order valence-electron chi connectivity index (χ3n) is 7.16. The van der Waals surface area contributed by atoms with Gasteiger partial charge in [0.2, 0.25) is 5.91 Å². The molecule has 28 heavy (non-hydrogen) atoms. The van der Waals surface area contributed by atoms with E-state index in [4.69, 9.17) is 4.74 Å². The van der Waals surface area contributed by atoms with E-state index in [0.29, 0.717) is 25.4 Å². The summed E-state index contributed by atoms with van der Waals surface area (Å²) in [6, 6.07) is 8.41. The molecule has 4 fully saturated rings. The molecule has 5 aliphatic heterocycles. The minimum Gasteiger partial charge on any atom is -0.444 e. The summed E-state index contributed by atoms with van der Waals surface area (Å²) in [6.45, 7) is 4.47. The van der Waals surface area contributed by atoms with E-state index in [-0.39, 0.29) is 30.1 Å². The van der Waals surface area contributed by atoms with Crippen LogP contribution >= 0.6 is 0 Å². The Morgan fingerprint density at radius 2 is 1.86 bits per heavy atom. The summed E-state index contributed by atoms with van der Waals surface area (Å²) >= 11 is 0. The number of amides is 2. The van der Waals surface area contributed by atoms with Crippen molar-refractivity contribution in [1.82, 2.24) is 15.1 Å². The number of hydrogen-bond acceptors (Lipinski definition) is 4. The maximum absolute atomic E-state index is 13.3. The number of benzene rings is 1. The fourth-order valence-electron chi connectivity index (χ4n) is 5.57. The van der Waals surface area contributed by atoms with Crippen molar-refractivity contribution < 1.29 is 14.3 Å². The van der Waals surface area contributed by atoms with Crippen molar-refractivity contribution in [2.75, 3.05) is 32.7 Å². The van der Waals surface area contributed by atoms with Crippen molar-refractivity contribution in [2.24, 2.45) is 11.8 Å². The van der Waals surface area contributed by atoms with Crippen LogP contribution in [0, 0.1) is 11.8 Å². The van der Waals surface area contributed by atoms with E-state index in [1.165, 1.54) is 11.1 Å². The molecule has 1 N–H and O–H groups in total. The lowest BCUT2D eigenvalue weighted by Crippen LogP contribution is -2.54. The molecule has 6 heteroatoms. The first kappa shape index (κ1) is 18.0. The molecular weight excluding hydrogens is 354 g/mol. The molecule has 150 valence electrons. The van der Waals surface area contributed by atoms with Crippen molar-refractivity contribution in [3.63, 3.8) is 0 Å². The summed E-state index contributed by atoms with van der Waals surface area (Å²) in [5, 5.41) is 3.00. The Bertz CT molecular complexity index is 749. The number of carbonyl (C=O) groups excluding carboxylic acids is 2. The molecule has 0 aliphatic carbocycles. The lowest BCUT2D eigenvalue weighted by atomic mass is 9.81. The zero-order chi connectivity index (χ0) is 19.1. The molecule has 5 heterocycles. The third kappa shape index (κ3) is 3.28. The second-order valence-electron chi connectivity index (χ2n) is 8.75. The summed E-state index contributed by atoms with van der Waals surface area (Å²) in [5.41, 5.74) is 2.54. The molecule has 0 spiro atoms. The number of ether oxygens (including phenoxy) is 1. The fraction of sp³-hybridized carbons (Fsp3) is 0.636. The maximum atomic E-state index is 13.3. The Morgan fingerprint density at radius 3 is 2.57 bits per heavy atom.